The SMILES string of the molecule is CNC(=O)C(CCC=O)c1noc2c(NC(=O)CN3CCC(OC4CCC(n5cc(-c6cnn7ccc(NC[C@H]8CCO8)nc67)c(C(F)F)n5)CC4)CC3)cccc12. The van der Waals surface area contributed by atoms with E-state index in [1.54, 1.807) is 52.1 Å². The fraction of sp³-hybridized carbons (Fsp3) is 0.525. The molecule has 3 fully saturated rings. The zero-order chi connectivity index (χ0) is 40.2. The number of nitrogens with zero attached hydrogens (tertiary/aromatic N) is 7. The normalized spacial score (nSPS) is 20.9. The van der Waals surface area contributed by atoms with Crippen LogP contribution in [0.1, 0.15) is 87.6 Å². The smallest absolute Gasteiger partial charge is 0.282 e. The molecule has 0 bridgehead atoms. The van der Waals surface area contributed by atoms with Crippen LogP contribution >= 0.6 is 0 Å². The monoisotopic (exact) mass is 802 g/mol. The average molecular weight is 803 g/mol. The number of hydrogen-bond acceptors (Lipinski definition) is 12. The summed E-state index contributed by atoms with van der Waals surface area (Å²) >= 11 is 0. The highest BCUT2D eigenvalue weighted by Gasteiger charge is 2.31. The van der Waals surface area contributed by atoms with Crippen molar-refractivity contribution in [2.75, 3.05) is 50.5 Å². The lowest BCUT2D eigenvalue weighted by Gasteiger charge is -2.36. The summed E-state index contributed by atoms with van der Waals surface area (Å²) in [6.07, 6.45) is 9.48. The first-order valence-electron chi connectivity index (χ1n) is 20.1. The maximum absolute atomic E-state index is 14.4. The number of halogens is 2. The van der Waals surface area contributed by atoms with Crippen molar-refractivity contribution in [1.29, 1.82) is 0 Å². The highest BCUT2D eigenvalue weighted by molar-refractivity contribution is 6.02. The van der Waals surface area contributed by atoms with Crippen molar-refractivity contribution in [2.45, 2.75) is 94.5 Å². The molecule has 2 atom stereocenters. The second kappa shape index (κ2) is 17.7. The van der Waals surface area contributed by atoms with Crippen LogP contribution in [0.25, 0.3) is 27.7 Å². The summed E-state index contributed by atoms with van der Waals surface area (Å²) in [5.41, 5.74) is 2.29. The minimum absolute atomic E-state index is 0.0323. The van der Waals surface area contributed by atoms with Crippen LogP contribution in [0.15, 0.2) is 47.4 Å². The highest BCUT2D eigenvalue weighted by atomic mass is 19.3. The molecule has 1 aliphatic carbocycles. The Bertz CT molecular complexity index is 2220. The van der Waals surface area contributed by atoms with Gasteiger partial charge in [0, 0.05) is 63.1 Å². The summed E-state index contributed by atoms with van der Waals surface area (Å²) in [6, 6.07) is 7.05. The first kappa shape index (κ1) is 39.5. The van der Waals surface area contributed by atoms with Gasteiger partial charge in [0.15, 0.2) is 11.2 Å². The summed E-state index contributed by atoms with van der Waals surface area (Å²) in [6.45, 7) is 2.98. The van der Waals surface area contributed by atoms with E-state index in [2.05, 4.69) is 41.2 Å². The number of carbonyl (C=O) groups excluding carboxylic acids is 3. The molecule has 2 saturated heterocycles. The van der Waals surface area contributed by atoms with Crippen LogP contribution in [0.5, 0.6) is 0 Å². The van der Waals surface area contributed by atoms with Gasteiger partial charge in [0.1, 0.15) is 23.5 Å². The van der Waals surface area contributed by atoms with Gasteiger partial charge in [0.25, 0.3) is 6.43 Å². The summed E-state index contributed by atoms with van der Waals surface area (Å²) in [4.78, 5) is 43.5. The summed E-state index contributed by atoms with van der Waals surface area (Å²) in [5, 5.41) is 22.4. The van der Waals surface area contributed by atoms with Gasteiger partial charge in [-0.05, 0) is 69.6 Å². The minimum Gasteiger partial charge on any atom is -0.376 e. The van der Waals surface area contributed by atoms with Crippen molar-refractivity contribution >= 4 is 46.2 Å². The molecule has 6 heterocycles. The van der Waals surface area contributed by atoms with Gasteiger partial charge >= 0.3 is 0 Å². The van der Waals surface area contributed by atoms with Crippen LogP contribution in [0.4, 0.5) is 20.3 Å². The number of fused-ring (bicyclic) bond motifs is 2. The summed E-state index contributed by atoms with van der Waals surface area (Å²) in [7, 11) is 1.53. The third kappa shape index (κ3) is 8.59. The van der Waals surface area contributed by atoms with Crippen molar-refractivity contribution in [3.8, 4) is 11.1 Å². The van der Waals surface area contributed by atoms with Crippen LogP contribution in [0.2, 0.25) is 0 Å². The standard InChI is InChI=1S/C40H48F2N10O6/c1-43-40(55)29(5-3-18-53)35-28-4-2-6-32(37(28)58-49-35)46-34(54)23-50-15-11-26(12-16-50)57-25-9-7-24(8-10-25)52-22-31(36(48-52)38(41)42)30-21-45-51-17-13-33(47-39(30)51)44-20-27-14-19-56-27/h2,4,6,13,17-18,21-22,24-27,29,38H,3,5,7-12,14-16,19-20,23H2,1H3,(H,43,55)(H,44,47)(H,46,54)/t24?,25?,27-,29?/m1/s1. The lowest BCUT2D eigenvalue weighted by Crippen LogP contribution is -2.42. The number of nitrogens with one attached hydrogen (secondary N) is 3. The fourth-order valence-corrected chi connectivity index (χ4v) is 8.23. The molecular weight excluding hydrogens is 754 g/mol. The largest absolute Gasteiger partial charge is 0.376 e. The van der Waals surface area contributed by atoms with Crippen LogP contribution in [0, 0.1) is 0 Å². The number of carbonyl (C=O) groups is 3. The molecule has 4 aromatic heterocycles. The van der Waals surface area contributed by atoms with E-state index in [0.29, 0.717) is 71.0 Å². The average Bonchev–Trinajstić information content (AvgIpc) is 3.96. The molecule has 308 valence electrons. The Morgan fingerprint density at radius 3 is 2.55 bits per heavy atom. The Kier molecular flexibility index (Phi) is 12.0. The van der Waals surface area contributed by atoms with E-state index in [9.17, 15) is 23.2 Å². The lowest BCUT2D eigenvalue weighted by atomic mass is 9.92. The predicted molar refractivity (Wildman–Crippen MR) is 209 cm³/mol. The van der Waals surface area contributed by atoms with Gasteiger partial charge in [-0.25, -0.2) is 18.3 Å². The molecule has 2 aliphatic heterocycles. The molecule has 1 unspecified atom stereocenters. The number of benzene rings is 1. The first-order chi connectivity index (χ1) is 28.3. The van der Waals surface area contributed by atoms with Crippen LogP contribution < -0.4 is 16.0 Å². The minimum atomic E-state index is -2.76. The van der Waals surface area contributed by atoms with E-state index < -0.39 is 12.3 Å². The Hall–Kier alpha value is -5.33. The molecule has 8 rings (SSSR count). The maximum Gasteiger partial charge on any atom is 0.282 e. The molecular formula is C40H48F2N10O6. The molecule has 3 N–H and O–H groups in total. The molecule has 1 saturated carbocycles. The van der Waals surface area contributed by atoms with Gasteiger partial charge in [0.05, 0.1) is 54.3 Å². The van der Waals surface area contributed by atoms with Gasteiger partial charge in [-0.15, -0.1) is 0 Å². The molecule has 0 radical (unpaired) electrons. The van der Waals surface area contributed by atoms with E-state index >= 15 is 0 Å². The topological polar surface area (TPSA) is 183 Å². The Morgan fingerprint density at radius 2 is 1.83 bits per heavy atom. The van der Waals surface area contributed by atoms with Crippen molar-refractivity contribution in [1.82, 2.24) is 39.8 Å². The van der Waals surface area contributed by atoms with Crippen molar-refractivity contribution in [3.05, 3.63) is 54.2 Å². The number of aromatic nitrogens is 6. The quantitative estimate of drug-likeness (QED) is 0.110. The second-order valence-corrected chi connectivity index (χ2v) is 15.3. The van der Waals surface area contributed by atoms with Gasteiger partial charge in [-0.3, -0.25) is 19.2 Å². The molecule has 3 aliphatic rings. The molecule has 18 heteroatoms. The Morgan fingerprint density at radius 1 is 1.03 bits per heavy atom. The number of likely N-dealkylation sites (N-methyl/N-ethyl adjacent to an activating group) is 1. The fourth-order valence-electron chi connectivity index (χ4n) is 8.23. The number of hydrogen-bond donors (Lipinski definition) is 3. The molecule has 5 aromatic rings. The molecule has 1 aromatic carbocycles. The number of para-hydroxylation sites is 1. The van der Waals surface area contributed by atoms with Gasteiger partial charge in [-0.1, -0.05) is 11.2 Å². The Balaban J connectivity index is 0.820. The first-order valence-corrected chi connectivity index (χ1v) is 20.1. The zero-order valence-corrected chi connectivity index (χ0v) is 32.3. The van der Waals surface area contributed by atoms with E-state index in [4.69, 9.17) is 14.0 Å². The number of piperidine rings is 1. The van der Waals surface area contributed by atoms with E-state index in [0.717, 1.165) is 57.8 Å². The second-order valence-electron chi connectivity index (χ2n) is 15.3. The summed E-state index contributed by atoms with van der Waals surface area (Å²) < 4.78 is 49.6. The third-order valence-electron chi connectivity index (χ3n) is 11.5. The van der Waals surface area contributed by atoms with Gasteiger partial charge < -0.3 is 34.7 Å². The molecule has 2 amide bonds. The van der Waals surface area contributed by atoms with Crippen molar-refractivity contribution in [2.24, 2.45) is 0 Å². The van der Waals surface area contributed by atoms with Crippen LogP contribution in [0.3, 0.4) is 0 Å². The number of alkyl halides is 2. The zero-order valence-electron chi connectivity index (χ0n) is 32.3. The number of likely N-dealkylation sites (tertiary alicyclic amines) is 1. The highest BCUT2D eigenvalue weighted by Crippen LogP contribution is 2.37. The van der Waals surface area contributed by atoms with Crippen molar-refractivity contribution < 1.29 is 37.2 Å². The van der Waals surface area contributed by atoms with E-state index in [1.165, 1.54) is 7.05 Å². The molecule has 16 nitrogen and oxygen atoms in total. The third-order valence-corrected chi connectivity index (χ3v) is 11.5. The number of anilines is 2. The van der Waals surface area contributed by atoms with Crippen LogP contribution in [-0.4, -0.2) is 111 Å². The van der Waals surface area contributed by atoms with Crippen LogP contribution in [-0.2, 0) is 23.9 Å². The van der Waals surface area contributed by atoms with E-state index in [1.807, 2.05) is 0 Å². The van der Waals surface area contributed by atoms with Crippen molar-refractivity contribution in [3.63, 3.8) is 0 Å². The number of rotatable bonds is 16. The van der Waals surface area contributed by atoms with Gasteiger partial charge in [0.2, 0.25) is 11.8 Å². The number of ether oxygens (including phenoxy) is 2. The molecule has 58 heavy (non-hydrogen) atoms. The van der Waals surface area contributed by atoms with E-state index in [-0.39, 0.29) is 54.8 Å². The van der Waals surface area contributed by atoms with Gasteiger partial charge in [-0.2, -0.15) is 10.2 Å². The molecule has 0 spiro atoms. The number of aldehydes is 1. The maximum atomic E-state index is 14.4. The lowest BCUT2D eigenvalue weighted by molar-refractivity contribution is -0.122. The Labute approximate surface area is 333 Å². The summed E-state index contributed by atoms with van der Waals surface area (Å²) in [5.74, 6) is -0.495. The predicted octanol–water partition coefficient (Wildman–Crippen LogP) is 5.28. The number of amides is 2.